The van der Waals surface area contributed by atoms with Crippen LogP contribution in [-0.2, 0) is 9.53 Å². The lowest BCUT2D eigenvalue weighted by Crippen LogP contribution is -2.42. The molecule has 0 aliphatic rings. The zero-order valence-electron chi connectivity index (χ0n) is 8.78. The van der Waals surface area contributed by atoms with E-state index >= 15 is 0 Å². The van der Waals surface area contributed by atoms with E-state index < -0.39 is 6.09 Å². The Hall–Kier alpha value is -1.26. The maximum absolute atomic E-state index is 10.9. The van der Waals surface area contributed by atoms with Crippen molar-refractivity contribution in [2.24, 2.45) is 0 Å². The number of amides is 2. The van der Waals surface area contributed by atoms with Gasteiger partial charge in [-0.1, -0.05) is 19.8 Å². The highest BCUT2D eigenvalue weighted by molar-refractivity contribution is 5.68. The maximum Gasteiger partial charge on any atom is 0.426 e. The number of nitrogens with one attached hydrogen (secondary N) is 1. The summed E-state index contributed by atoms with van der Waals surface area (Å²) in [5.74, 6) is 0. The number of unbranched alkanes of at least 4 members (excludes halogenated alkanes) is 2. The second-order valence-electron chi connectivity index (χ2n) is 2.84. The van der Waals surface area contributed by atoms with Gasteiger partial charge >= 0.3 is 6.09 Å². The predicted molar refractivity (Wildman–Crippen MR) is 52.5 cm³/mol. The summed E-state index contributed by atoms with van der Waals surface area (Å²) in [7, 11) is 0. The molecule has 0 heterocycles. The summed E-state index contributed by atoms with van der Waals surface area (Å²) in [6.07, 6.45) is 2.99. The molecule has 0 unspecified atom stereocenters. The van der Waals surface area contributed by atoms with Gasteiger partial charge in [0, 0.05) is 6.54 Å². The second kappa shape index (κ2) is 8.34. The van der Waals surface area contributed by atoms with Crippen LogP contribution in [0.4, 0.5) is 4.79 Å². The number of rotatable bonds is 7. The van der Waals surface area contributed by atoms with Gasteiger partial charge in [0.15, 0.2) is 0 Å². The molecule has 0 radical (unpaired) electrons. The van der Waals surface area contributed by atoms with E-state index in [1.165, 1.54) is 5.01 Å². The number of hydrazine groups is 1. The molecule has 0 bridgehead atoms. The smallest absolute Gasteiger partial charge is 0.426 e. The third kappa shape index (κ3) is 6.28. The monoisotopic (exact) mass is 202 g/mol. The van der Waals surface area contributed by atoms with Crippen molar-refractivity contribution in [2.75, 3.05) is 13.2 Å². The zero-order valence-corrected chi connectivity index (χ0v) is 8.78. The van der Waals surface area contributed by atoms with Gasteiger partial charge in [0.2, 0.25) is 6.41 Å². The molecule has 0 aromatic rings. The molecule has 82 valence electrons. The SMILES string of the molecule is CCCCCN(C=O)NC(=O)OCC. The van der Waals surface area contributed by atoms with Gasteiger partial charge in [-0.2, -0.15) is 0 Å². The first kappa shape index (κ1) is 12.7. The lowest BCUT2D eigenvalue weighted by atomic mass is 10.2. The van der Waals surface area contributed by atoms with Crippen LogP contribution in [0.3, 0.4) is 0 Å². The molecule has 0 saturated carbocycles. The minimum atomic E-state index is -0.587. The van der Waals surface area contributed by atoms with Crippen LogP contribution in [0.2, 0.25) is 0 Å². The second-order valence-corrected chi connectivity index (χ2v) is 2.84. The molecule has 0 aromatic carbocycles. The molecule has 0 spiro atoms. The van der Waals surface area contributed by atoms with Gasteiger partial charge in [-0.05, 0) is 13.3 Å². The van der Waals surface area contributed by atoms with Crippen LogP contribution < -0.4 is 5.43 Å². The number of nitrogens with zero attached hydrogens (tertiary/aromatic N) is 1. The van der Waals surface area contributed by atoms with Crippen LogP contribution in [-0.4, -0.2) is 30.7 Å². The number of hydrogen-bond acceptors (Lipinski definition) is 3. The maximum atomic E-state index is 10.9. The molecular formula is C9H18N2O3. The van der Waals surface area contributed by atoms with Crippen LogP contribution in [0.25, 0.3) is 0 Å². The Morgan fingerprint density at radius 2 is 2.14 bits per heavy atom. The van der Waals surface area contributed by atoms with Crippen LogP contribution in [0, 0.1) is 0 Å². The highest BCUT2D eigenvalue weighted by Crippen LogP contribution is 1.94. The van der Waals surface area contributed by atoms with E-state index in [9.17, 15) is 9.59 Å². The summed E-state index contributed by atoms with van der Waals surface area (Å²) in [5.41, 5.74) is 2.33. The van der Waals surface area contributed by atoms with E-state index in [1.807, 2.05) is 0 Å². The molecule has 2 amide bonds. The fourth-order valence-electron chi connectivity index (χ4n) is 0.948. The van der Waals surface area contributed by atoms with E-state index in [2.05, 4.69) is 17.1 Å². The van der Waals surface area contributed by atoms with Gasteiger partial charge in [0.25, 0.3) is 0 Å². The number of ether oxygens (including phenoxy) is 1. The lowest BCUT2D eigenvalue weighted by Gasteiger charge is -2.17. The third-order valence-electron chi connectivity index (χ3n) is 1.64. The average molecular weight is 202 g/mol. The molecule has 14 heavy (non-hydrogen) atoms. The highest BCUT2D eigenvalue weighted by atomic mass is 16.6. The predicted octanol–water partition coefficient (Wildman–Crippen LogP) is 1.30. The summed E-state index contributed by atoms with van der Waals surface area (Å²) in [6, 6.07) is 0. The molecule has 0 saturated heterocycles. The van der Waals surface area contributed by atoms with Crippen LogP contribution >= 0.6 is 0 Å². The fraction of sp³-hybridized carbons (Fsp3) is 0.778. The Morgan fingerprint density at radius 3 is 2.64 bits per heavy atom. The van der Waals surface area contributed by atoms with Gasteiger partial charge in [0.1, 0.15) is 0 Å². The van der Waals surface area contributed by atoms with Crippen molar-refractivity contribution in [2.45, 2.75) is 33.1 Å². The number of carbonyl (C=O) groups is 2. The molecule has 0 aliphatic carbocycles. The summed E-state index contributed by atoms with van der Waals surface area (Å²) in [6.45, 7) is 4.61. The molecule has 0 aromatic heterocycles. The fourth-order valence-corrected chi connectivity index (χ4v) is 0.948. The Bertz CT molecular complexity index is 173. The molecule has 1 N–H and O–H groups in total. The van der Waals surface area contributed by atoms with Crippen molar-refractivity contribution < 1.29 is 14.3 Å². The van der Waals surface area contributed by atoms with Crippen LogP contribution in [0.5, 0.6) is 0 Å². The first-order chi connectivity index (χ1) is 6.74. The molecule has 5 heteroatoms. The normalized spacial score (nSPS) is 9.29. The Balaban J connectivity index is 3.67. The van der Waals surface area contributed by atoms with E-state index in [0.717, 1.165) is 19.3 Å². The van der Waals surface area contributed by atoms with Crippen molar-refractivity contribution in [1.29, 1.82) is 0 Å². The van der Waals surface area contributed by atoms with Gasteiger partial charge in [-0.25, -0.2) is 10.2 Å². The first-order valence-corrected chi connectivity index (χ1v) is 4.89. The quantitative estimate of drug-likeness (QED) is 0.384. The van der Waals surface area contributed by atoms with Gasteiger partial charge in [-0.15, -0.1) is 0 Å². The van der Waals surface area contributed by atoms with Crippen molar-refractivity contribution in [3.8, 4) is 0 Å². The van der Waals surface area contributed by atoms with Crippen LogP contribution in [0.1, 0.15) is 33.1 Å². The molecule has 5 nitrogen and oxygen atoms in total. The van der Waals surface area contributed by atoms with E-state index in [1.54, 1.807) is 6.92 Å². The lowest BCUT2D eigenvalue weighted by molar-refractivity contribution is -0.120. The largest absolute Gasteiger partial charge is 0.449 e. The first-order valence-electron chi connectivity index (χ1n) is 4.89. The van der Waals surface area contributed by atoms with Gasteiger partial charge < -0.3 is 4.74 Å². The molecule has 0 atom stereocenters. The molecule has 0 rings (SSSR count). The highest BCUT2D eigenvalue weighted by Gasteiger charge is 2.05. The van der Waals surface area contributed by atoms with Crippen molar-refractivity contribution >= 4 is 12.5 Å². The minimum absolute atomic E-state index is 0.299. The topological polar surface area (TPSA) is 58.6 Å². The molecule has 0 fully saturated rings. The van der Waals surface area contributed by atoms with Crippen LogP contribution in [0.15, 0.2) is 0 Å². The van der Waals surface area contributed by atoms with Crippen molar-refractivity contribution in [3.63, 3.8) is 0 Å². The third-order valence-corrected chi connectivity index (χ3v) is 1.64. The zero-order chi connectivity index (χ0) is 10.8. The minimum Gasteiger partial charge on any atom is -0.449 e. The molecule has 0 aliphatic heterocycles. The van der Waals surface area contributed by atoms with E-state index in [0.29, 0.717) is 19.6 Å². The summed E-state index contributed by atoms with van der Waals surface area (Å²) < 4.78 is 4.63. The molecular weight excluding hydrogens is 184 g/mol. The standard InChI is InChI=1S/C9H18N2O3/c1-3-5-6-7-11(8-12)10-9(13)14-4-2/h8H,3-7H2,1-2H3,(H,10,13). The van der Waals surface area contributed by atoms with Crippen molar-refractivity contribution in [1.82, 2.24) is 10.4 Å². The summed E-state index contributed by atoms with van der Waals surface area (Å²) in [5, 5.41) is 1.20. The summed E-state index contributed by atoms with van der Waals surface area (Å²) >= 11 is 0. The number of hydrogen-bond donors (Lipinski definition) is 1. The van der Waals surface area contributed by atoms with Gasteiger partial charge in [0.05, 0.1) is 6.61 Å². The van der Waals surface area contributed by atoms with E-state index in [4.69, 9.17) is 0 Å². The Morgan fingerprint density at radius 1 is 1.43 bits per heavy atom. The van der Waals surface area contributed by atoms with E-state index in [-0.39, 0.29) is 0 Å². The van der Waals surface area contributed by atoms with Gasteiger partial charge in [-0.3, -0.25) is 9.80 Å². The average Bonchev–Trinajstić information content (AvgIpc) is 2.17. The Kier molecular flexibility index (Phi) is 7.59. The number of carbonyl (C=O) groups excluding carboxylic acids is 2. The Labute approximate surface area is 84.4 Å². The van der Waals surface area contributed by atoms with Crippen molar-refractivity contribution in [3.05, 3.63) is 0 Å². The summed E-state index contributed by atoms with van der Waals surface area (Å²) in [4.78, 5) is 21.4.